The number of nitrogens with zero attached hydrogens (tertiary/aromatic N) is 2. The maximum Gasteiger partial charge on any atom is 0.141 e. The van der Waals surface area contributed by atoms with E-state index in [4.69, 9.17) is 0 Å². The van der Waals surface area contributed by atoms with Gasteiger partial charge in [-0.25, -0.2) is 9.97 Å². The van der Waals surface area contributed by atoms with Crippen LogP contribution in [0.25, 0.3) is 0 Å². The van der Waals surface area contributed by atoms with Crippen molar-refractivity contribution in [1.29, 1.82) is 0 Å². The van der Waals surface area contributed by atoms with E-state index < -0.39 is 0 Å². The van der Waals surface area contributed by atoms with Gasteiger partial charge in [0.25, 0.3) is 0 Å². The number of carbonyl (C=O) groups excluding carboxylic acids is 1. The maximum atomic E-state index is 11.7. The van der Waals surface area contributed by atoms with Gasteiger partial charge in [-0.1, -0.05) is 13.8 Å². The topological polar surface area (TPSA) is 42.9 Å². The lowest BCUT2D eigenvalue weighted by Gasteiger charge is -2.07. The van der Waals surface area contributed by atoms with Crippen LogP contribution in [0.3, 0.4) is 0 Å². The van der Waals surface area contributed by atoms with Gasteiger partial charge in [-0.2, -0.15) is 0 Å². The van der Waals surface area contributed by atoms with Gasteiger partial charge in [0, 0.05) is 24.0 Å². The highest BCUT2D eigenvalue weighted by Crippen LogP contribution is 2.30. The monoisotopic (exact) mass is 218 g/mol. The fraction of sp³-hybridized carbons (Fsp3) is 0.615. The van der Waals surface area contributed by atoms with E-state index in [9.17, 15) is 4.79 Å². The van der Waals surface area contributed by atoms with Crippen molar-refractivity contribution < 1.29 is 4.79 Å². The molecule has 1 aromatic heterocycles. The first-order valence-electron chi connectivity index (χ1n) is 5.93. The molecular weight excluding hydrogens is 200 g/mol. The third kappa shape index (κ3) is 2.65. The standard InChI is InChI=1S/C13H18N2O/c1-8(2)13-14-9(3)6-11(15-13)7-12(16)10-4-5-10/h6,8,10H,4-5,7H2,1-3H3. The van der Waals surface area contributed by atoms with E-state index in [0.29, 0.717) is 24.0 Å². The summed E-state index contributed by atoms with van der Waals surface area (Å²) in [5, 5.41) is 0. The van der Waals surface area contributed by atoms with Crippen LogP contribution >= 0.6 is 0 Å². The molecule has 0 N–H and O–H groups in total. The van der Waals surface area contributed by atoms with E-state index in [2.05, 4.69) is 23.8 Å². The highest BCUT2D eigenvalue weighted by molar-refractivity contribution is 5.84. The molecule has 3 heteroatoms. The molecular formula is C13H18N2O. The third-order valence-corrected chi connectivity index (χ3v) is 2.83. The molecule has 0 amide bonds. The summed E-state index contributed by atoms with van der Waals surface area (Å²) in [6.45, 7) is 6.10. The van der Waals surface area contributed by atoms with Crippen LogP contribution in [0.2, 0.25) is 0 Å². The summed E-state index contributed by atoms with van der Waals surface area (Å²) in [5.41, 5.74) is 1.84. The molecule has 86 valence electrons. The quantitative estimate of drug-likeness (QED) is 0.779. The predicted octanol–water partition coefficient (Wildman–Crippen LogP) is 2.43. The SMILES string of the molecule is Cc1cc(CC(=O)C2CC2)nc(C(C)C)n1. The summed E-state index contributed by atoms with van der Waals surface area (Å²) in [6, 6.07) is 1.92. The summed E-state index contributed by atoms with van der Waals surface area (Å²) >= 11 is 0. The van der Waals surface area contributed by atoms with Crippen LogP contribution in [-0.2, 0) is 11.2 Å². The van der Waals surface area contributed by atoms with Crippen molar-refractivity contribution in [3.05, 3.63) is 23.3 Å². The largest absolute Gasteiger partial charge is 0.299 e. The summed E-state index contributed by atoms with van der Waals surface area (Å²) in [7, 11) is 0. The Labute approximate surface area is 96.3 Å². The lowest BCUT2D eigenvalue weighted by molar-refractivity contribution is -0.119. The van der Waals surface area contributed by atoms with Crippen LogP contribution in [0, 0.1) is 12.8 Å². The molecule has 2 rings (SSSR count). The van der Waals surface area contributed by atoms with Gasteiger partial charge in [-0.3, -0.25) is 4.79 Å². The molecule has 1 saturated carbocycles. The molecule has 3 nitrogen and oxygen atoms in total. The fourth-order valence-corrected chi connectivity index (χ4v) is 1.74. The zero-order valence-corrected chi connectivity index (χ0v) is 10.2. The first-order valence-corrected chi connectivity index (χ1v) is 5.93. The van der Waals surface area contributed by atoms with Crippen molar-refractivity contribution >= 4 is 5.78 Å². The highest BCUT2D eigenvalue weighted by Gasteiger charge is 2.29. The third-order valence-electron chi connectivity index (χ3n) is 2.83. The molecule has 0 radical (unpaired) electrons. The second kappa shape index (κ2) is 4.32. The number of hydrogen-bond donors (Lipinski definition) is 0. The summed E-state index contributed by atoms with van der Waals surface area (Å²) in [5.74, 6) is 1.82. The van der Waals surface area contributed by atoms with Crippen molar-refractivity contribution in [1.82, 2.24) is 9.97 Å². The minimum absolute atomic E-state index is 0.315. The number of rotatable bonds is 4. The summed E-state index contributed by atoms with van der Waals surface area (Å²) in [6.07, 6.45) is 2.62. The van der Waals surface area contributed by atoms with E-state index in [1.807, 2.05) is 13.0 Å². The molecule has 1 aliphatic carbocycles. The normalized spacial score (nSPS) is 15.5. The first kappa shape index (κ1) is 11.2. The molecule has 0 aromatic carbocycles. The minimum Gasteiger partial charge on any atom is -0.299 e. The van der Waals surface area contributed by atoms with Gasteiger partial charge in [-0.05, 0) is 25.8 Å². The first-order chi connectivity index (χ1) is 7.56. The van der Waals surface area contributed by atoms with E-state index >= 15 is 0 Å². The van der Waals surface area contributed by atoms with Gasteiger partial charge in [0.15, 0.2) is 0 Å². The molecule has 1 aromatic rings. The molecule has 0 atom stereocenters. The van der Waals surface area contributed by atoms with Crippen LogP contribution in [0.15, 0.2) is 6.07 Å². The fourth-order valence-electron chi connectivity index (χ4n) is 1.74. The van der Waals surface area contributed by atoms with E-state index in [1.54, 1.807) is 0 Å². The molecule has 1 fully saturated rings. The zero-order valence-electron chi connectivity index (χ0n) is 10.2. The summed E-state index contributed by atoms with van der Waals surface area (Å²) in [4.78, 5) is 20.5. The average molecular weight is 218 g/mol. The van der Waals surface area contributed by atoms with Gasteiger partial charge in [0.05, 0.1) is 5.69 Å². The van der Waals surface area contributed by atoms with Crippen molar-refractivity contribution in [2.45, 2.75) is 46.0 Å². The van der Waals surface area contributed by atoms with E-state index in [1.165, 1.54) is 0 Å². The van der Waals surface area contributed by atoms with Gasteiger partial charge in [0.2, 0.25) is 0 Å². The van der Waals surface area contributed by atoms with Crippen molar-refractivity contribution in [3.63, 3.8) is 0 Å². The van der Waals surface area contributed by atoms with Gasteiger partial charge >= 0.3 is 0 Å². The Balaban J connectivity index is 2.16. The number of Topliss-reactive ketones (excluding diaryl/α,β-unsaturated/α-hetero) is 1. The Hall–Kier alpha value is -1.25. The van der Waals surface area contributed by atoms with Crippen LogP contribution in [-0.4, -0.2) is 15.8 Å². The Kier molecular flexibility index (Phi) is 3.03. The van der Waals surface area contributed by atoms with Crippen LogP contribution in [0.1, 0.15) is 49.8 Å². The number of hydrogen-bond acceptors (Lipinski definition) is 3. The lowest BCUT2D eigenvalue weighted by atomic mass is 10.1. The molecule has 0 saturated heterocycles. The molecule has 0 spiro atoms. The van der Waals surface area contributed by atoms with Crippen molar-refractivity contribution in [2.75, 3.05) is 0 Å². The number of carbonyl (C=O) groups is 1. The van der Waals surface area contributed by atoms with Gasteiger partial charge in [-0.15, -0.1) is 0 Å². The molecule has 0 bridgehead atoms. The zero-order chi connectivity index (χ0) is 11.7. The Morgan fingerprint density at radius 1 is 1.44 bits per heavy atom. The molecule has 0 aliphatic heterocycles. The maximum absolute atomic E-state index is 11.7. The second-order valence-corrected chi connectivity index (χ2v) is 4.93. The molecule has 16 heavy (non-hydrogen) atoms. The van der Waals surface area contributed by atoms with Crippen LogP contribution in [0.5, 0.6) is 0 Å². The van der Waals surface area contributed by atoms with Gasteiger partial charge in [0.1, 0.15) is 11.6 Å². The summed E-state index contributed by atoms with van der Waals surface area (Å²) < 4.78 is 0. The van der Waals surface area contributed by atoms with E-state index in [-0.39, 0.29) is 0 Å². The minimum atomic E-state index is 0.315. The number of aromatic nitrogens is 2. The predicted molar refractivity (Wildman–Crippen MR) is 62.3 cm³/mol. The van der Waals surface area contributed by atoms with E-state index in [0.717, 1.165) is 30.1 Å². The Morgan fingerprint density at radius 2 is 2.12 bits per heavy atom. The Morgan fingerprint density at radius 3 is 2.69 bits per heavy atom. The van der Waals surface area contributed by atoms with Crippen LogP contribution in [0.4, 0.5) is 0 Å². The second-order valence-electron chi connectivity index (χ2n) is 4.93. The molecule has 1 aliphatic rings. The van der Waals surface area contributed by atoms with Crippen molar-refractivity contribution in [2.24, 2.45) is 5.92 Å². The Bertz CT molecular complexity index is 408. The number of ketones is 1. The van der Waals surface area contributed by atoms with Crippen molar-refractivity contribution in [3.8, 4) is 0 Å². The average Bonchev–Trinajstić information content (AvgIpc) is 2.99. The molecule has 0 unspecified atom stereocenters. The molecule has 1 heterocycles. The van der Waals surface area contributed by atoms with Crippen LogP contribution < -0.4 is 0 Å². The number of aryl methyl sites for hydroxylation is 1. The lowest BCUT2D eigenvalue weighted by Crippen LogP contribution is -2.09. The van der Waals surface area contributed by atoms with Gasteiger partial charge < -0.3 is 0 Å². The smallest absolute Gasteiger partial charge is 0.141 e. The highest BCUT2D eigenvalue weighted by atomic mass is 16.1.